The second-order valence-electron chi connectivity index (χ2n) is 4.48. The summed E-state index contributed by atoms with van der Waals surface area (Å²) in [6, 6.07) is 0. The van der Waals surface area contributed by atoms with Crippen LogP contribution in [0.2, 0.25) is 19.6 Å². The number of esters is 1. The van der Waals surface area contributed by atoms with Crippen LogP contribution in [0.25, 0.3) is 0 Å². The molecule has 0 amide bonds. The molecule has 1 aliphatic carbocycles. The van der Waals surface area contributed by atoms with E-state index < -0.39 is 8.07 Å². The Hall–Kier alpha value is 0.751. The molecule has 0 saturated carbocycles. The molecule has 0 saturated heterocycles. The van der Waals surface area contributed by atoms with Crippen molar-refractivity contribution >= 4 is 51.3 Å². The van der Waals surface area contributed by atoms with Gasteiger partial charge in [0.05, 0.1) is 7.11 Å². The van der Waals surface area contributed by atoms with Crippen LogP contribution in [0.3, 0.4) is 0 Å². The molecule has 0 aromatic carbocycles. The van der Waals surface area contributed by atoms with E-state index in [0.29, 0.717) is 6.42 Å². The standard InChI is InChI=1S/C11H17O2Si.3ClH.Ti/c1-13-11(12)8-9-6-5-7-10(9)14(2,3)4;;;;/h7H,5,8H2,1-4H3;3*1H;/q-1;;;;. The summed E-state index contributed by atoms with van der Waals surface area (Å²) in [5.41, 5.74) is 1.07. The van der Waals surface area contributed by atoms with E-state index >= 15 is 0 Å². The van der Waals surface area contributed by atoms with Gasteiger partial charge in [0.15, 0.2) is 0 Å². The minimum absolute atomic E-state index is 0. The number of hydrogen-bond donors (Lipinski definition) is 0. The number of ether oxygens (including phenoxy) is 1. The molecule has 1 aliphatic rings. The van der Waals surface area contributed by atoms with E-state index in [0.717, 1.165) is 12.0 Å². The van der Waals surface area contributed by atoms with Crippen LogP contribution in [-0.2, 0) is 31.2 Å². The van der Waals surface area contributed by atoms with Crippen molar-refractivity contribution in [3.8, 4) is 0 Å². The molecule has 1 rings (SSSR count). The van der Waals surface area contributed by atoms with Gasteiger partial charge in [-0.2, -0.15) is 11.3 Å². The Morgan fingerprint density at radius 3 is 2.22 bits per heavy atom. The summed E-state index contributed by atoms with van der Waals surface area (Å²) in [7, 11) is 0.113. The number of carbonyl (C=O) groups excluding carboxylic acids is 1. The minimum Gasteiger partial charge on any atom is -0.469 e. The molecule has 2 nitrogen and oxygen atoms in total. The van der Waals surface area contributed by atoms with Gasteiger partial charge in [0.1, 0.15) is 0 Å². The SMILES string of the molecule is COC(=O)CC1=[C-]CC=C1[Si](C)(C)C.Cl.Cl.Cl.[Ti]. The summed E-state index contributed by atoms with van der Waals surface area (Å²) in [5.74, 6) is -0.168. The fourth-order valence-corrected chi connectivity index (χ4v) is 3.42. The Labute approximate surface area is 144 Å². The molecule has 18 heavy (non-hydrogen) atoms. The van der Waals surface area contributed by atoms with Crippen LogP contribution in [0.1, 0.15) is 12.8 Å². The van der Waals surface area contributed by atoms with E-state index in [4.69, 9.17) is 0 Å². The average Bonchev–Trinajstić information content (AvgIpc) is 2.51. The van der Waals surface area contributed by atoms with E-state index in [1.165, 1.54) is 12.3 Å². The van der Waals surface area contributed by atoms with Gasteiger partial charge in [-0.3, -0.25) is 10.9 Å². The molecule has 0 fully saturated rings. The number of halogens is 3. The zero-order valence-corrected chi connectivity index (χ0v) is 16.0. The molecule has 0 atom stereocenters. The van der Waals surface area contributed by atoms with Crippen molar-refractivity contribution in [2.24, 2.45) is 0 Å². The quantitative estimate of drug-likeness (QED) is 0.432. The van der Waals surface area contributed by atoms with Gasteiger partial charge < -0.3 is 4.74 Å². The maximum atomic E-state index is 11.1. The monoisotopic (exact) mass is 365 g/mol. The van der Waals surface area contributed by atoms with Crippen LogP contribution in [0.4, 0.5) is 0 Å². The Bertz CT molecular complexity index is 312. The van der Waals surface area contributed by atoms with Gasteiger partial charge in [-0.05, 0) is 8.07 Å². The van der Waals surface area contributed by atoms with Crippen LogP contribution in [-0.4, -0.2) is 21.2 Å². The third-order valence-corrected chi connectivity index (χ3v) is 4.43. The fourth-order valence-electron chi connectivity index (χ4n) is 1.63. The van der Waals surface area contributed by atoms with Gasteiger partial charge in [-0.1, -0.05) is 19.6 Å². The predicted molar refractivity (Wildman–Crippen MR) is 81.2 cm³/mol. The Morgan fingerprint density at radius 1 is 1.33 bits per heavy atom. The number of rotatable bonds is 3. The average molecular weight is 367 g/mol. The Morgan fingerprint density at radius 2 is 1.83 bits per heavy atom. The zero-order valence-electron chi connectivity index (χ0n) is 11.0. The molecule has 0 heterocycles. The minimum atomic E-state index is -1.31. The first-order valence-electron chi connectivity index (χ1n) is 4.82. The molecule has 0 bridgehead atoms. The van der Waals surface area contributed by atoms with Crippen molar-refractivity contribution < 1.29 is 31.2 Å². The van der Waals surface area contributed by atoms with Gasteiger partial charge >= 0.3 is 5.97 Å². The second-order valence-corrected chi connectivity index (χ2v) is 9.52. The van der Waals surface area contributed by atoms with Crippen molar-refractivity contribution in [2.75, 3.05) is 7.11 Å². The molecule has 0 aromatic rings. The van der Waals surface area contributed by atoms with Gasteiger partial charge in [0.2, 0.25) is 0 Å². The zero-order chi connectivity index (χ0) is 10.8. The van der Waals surface area contributed by atoms with Crippen LogP contribution in [0.15, 0.2) is 16.8 Å². The largest absolute Gasteiger partial charge is 0.469 e. The maximum absolute atomic E-state index is 11.1. The van der Waals surface area contributed by atoms with E-state index in [2.05, 4.69) is 36.5 Å². The van der Waals surface area contributed by atoms with E-state index in [1.807, 2.05) is 0 Å². The molecule has 0 spiro atoms. The first kappa shape index (κ1) is 27.2. The van der Waals surface area contributed by atoms with Crippen LogP contribution in [0, 0.1) is 6.08 Å². The van der Waals surface area contributed by atoms with Gasteiger partial charge in [-0.25, -0.2) is 5.57 Å². The fraction of sp³-hybridized carbons (Fsp3) is 0.545. The maximum Gasteiger partial charge on any atom is 0.306 e. The number of methoxy groups -OCH3 is 1. The van der Waals surface area contributed by atoms with Crippen molar-refractivity contribution in [3.63, 3.8) is 0 Å². The third kappa shape index (κ3) is 8.03. The van der Waals surface area contributed by atoms with E-state index in [-0.39, 0.29) is 64.9 Å². The molecular weight excluding hydrogens is 346 g/mol. The van der Waals surface area contributed by atoms with E-state index in [1.54, 1.807) is 0 Å². The van der Waals surface area contributed by atoms with Crippen molar-refractivity contribution in [2.45, 2.75) is 32.5 Å². The number of hydrogen-bond acceptors (Lipinski definition) is 2. The predicted octanol–water partition coefficient (Wildman–Crippen LogP) is 3.75. The van der Waals surface area contributed by atoms with Gasteiger partial charge in [-0.15, -0.1) is 43.6 Å². The summed E-state index contributed by atoms with van der Waals surface area (Å²) in [6.07, 6.45) is 6.67. The number of carbonyl (C=O) groups is 1. The second kappa shape index (κ2) is 11.6. The molecule has 7 heteroatoms. The van der Waals surface area contributed by atoms with Gasteiger partial charge in [0.25, 0.3) is 0 Å². The van der Waals surface area contributed by atoms with Crippen molar-refractivity contribution in [3.05, 3.63) is 22.9 Å². The molecule has 0 aromatic heterocycles. The van der Waals surface area contributed by atoms with E-state index in [9.17, 15) is 4.79 Å². The summed E-state index contributed by atoms with van der Waals surface area (Å²) in [4.78, 5) is 11.1. The summed E-state index contributed by atoms with van der Waals surface area (Å²) in [6.45, 7) is 6.84. The molecule has 0 N–H and O–H groups in total. The molecular formula is C11H20Cl3O2SiTi-. The topological polar surface area (TPSA) is 26.3 Å². The van der Waals surface area contributed by atoms with Crippen LogP contribution >= 0.6 is 37.2 Å². The first-order valence-corrected chi connectivity index (χ1v) is 8.32. The third-order valence-electron chi connectivity index (χ3n) is 2.30. The molecule has 0 radical (unpaired) electrons. The summed E-state index contributed by atoms with van der Waals surface area (Å²) >= 11 is 0. The van der Waals surface area contributed by atoms with Gasteiger partial charge in [0, 0.05) is 28.1 Å². The molecule has 106 valence electrons. The van der Waals surface area contributed by atoms with Crippen LogP contribution in [0.5, 0.6) is 0 Å². The first-order chi connectivity index (χ1) is 6.45. The smallest absolute Gasteiger partial charge is 0.306 e. The Balaban J connectivity index is -0.000000245. The summed E-state index contributed by atoms with van der Waals surface area (Å²) < 4.78 is 4.66. The number of allylic oxidation sites excluding steroid dienone is 3. The summed E-state index contributed by atoms with van der Waals surface area (Å²) in [5, 5.41) is 1.36. The van der Waals surface area contributed by atoms with Crippen molar-refractivity contribution in [1.82, 2.24) is 0 Å². The van der Waals surface area contributed by atoms with Crippen LogP contribution < -0.4 is 0 Å². The molecule has 0 unspecified atom stereocenters. The van der Waals surface area contributed by atoms with Crippen molar-refractivity contribution in [1.29, 1.82) is 0 Å². The molecule has 0 aliphatic heterocycles. The Kier molecular flexibility index (Phi) is 17.4. The normalized spacial score (nSPS) is 12.7.